The molecule has 1 atom stereocenters. The second kappa shape index (κ2) is 8.23. The molecule has 0 aliphatic carbocycles. The van der Waals surface area contributed by atoms with Crippen molar-refractivity contribution in [1.82, 2.24) is 4.90 Å². The zero-order chi connectivity index (χ0) is 15.8. The molecular formula is C14H21N3O4. The number of carbonyl (C=O) groups is 1. The van der Waals surface area contributed by atoms with E-state index in [1.807, 2.05) is 0 Å². The number of aliphatic hydroxyl groups excluding tert-OH is 1. The van der Waals surface area contributed by atoms with Gasteiger partial charge in [0.15, 0.2) is 5.84 Å². The molecule has 0 aliphatic rings. The Bertz CT molecular complexity index is 487. The van der Waals surface area contributed by atoms with Crippen LogP contribution in [-0.2, 0) is 16.0 Å². The van der Waals surface area contributed by atoms with Gasteiger partial charge in [0, 0.05) is 26.3 Å². The summed E-state index contributed by atoms with van der Waals surface area (Å²) in [5.41, 5.74) is 6.85. The van der Waals surface area contributed by atoms with E-state index >= 15 is 0 Å². The number of amidine groups is 1. The Morgan fingerprint density at radius 3 is 2.57 bits per heavy atom. The molecule has 7 heteroatoms. The minimum Gasteiger partial charge on any atom is -0.409 e. The molecule has 1 unspecified atom stereocenters. The number of nitrogens with two attached hydrogens (primary N) is 1. The zero-order valence-corrected chi connectivity index (χ0v) is 12.2. The van der Waals surface area contributed by atoms with E-state index < -0.39 is 6.10 Å². The molecule has 0 saturated heterocycles. The number of carbonyl (C=O) groups excluding carboxylic acids is 1. The molecule has 116 valence electrons. The molecule has 0 fully saturated rings. The number of oxime groups is 1. The Morgan fingerprint density at radius 1 is 1.43 bits per heavy atom. The number of ether oxygens (including phenoxy) is 1. The second-order valence-electron chi connectivity index (χ2n) is 4.74. The third-order valence-electron chi connectivity index (χ3n) is 2.98. The van der Waals surface area contributed by atoms with Gasteiger partial charge in [-0.1, -0.05) is 29.4 Å². The Kier molecular flexibility index (Phi) is 6.64. The highest BCUT2D eigenvalue weighted by Gasteiger charge is 2.14. The van der Waals surface area contributed by atoms with Crippen LogP contribution in [0.1, 0.15) is 11.1 Å². The molecule has 1 amide bonds. The van der Waals surface area contributed by atoms with Gasteiger partial charge in [0.2, 0.25) is 5.91 Å². The quantitative estimate of drug-likeness (QED) is 0.279. The van der Waals surface area contributed by atoms with E-state index in [1.54, 1.807) is 31.3 Å². The molecule has 0 bridgehead atoms. The second-order valence-corrected chi connectivity index (χ2v) is 4.74. The van der Waals surface area contributed by atoms with Crippen molar-refractivity contribution >= 4 is 11.7 Å². The lowest BCUT2D eigenvalue weighted by atomic mass is 10.1. The van der Waals surface area contributed by atoms with E-state index in [0.717, 1.165) is 5.56 Å². The van der Waals surface area contributed by atoms with E-state index in [-0.39, 0.29) is 31.3 Å². The maximum Gasteiger partial charge on any atom is 0.226 e. The molecule has 1 rings (SSSR count). The Morgan fingerprint density at radius 2 is 2.05 bits per heavy atom. The largest absolute Gasteiger partial charge is 0.409 e. The summed E-state index contributed by atoms with van der Waals surface area (Å²) in [5, 5.41) is 21.1. The van der Waals surface area contributed by atoms with Crippen LogP contribution in [0.15, 0.2) is 29.4 Å². The number of benzene rings is 1. The monoisotopic (exact) mass is 295 g/mol. The number of aliphatic hydroxyl groups is 1. The highest BCUT2D eigenvalue weighted by atomic mass is 16.5. The third kappa shape index (κ3) is 5.41. The van der Waals surface area contributed by atoms with E-state index in [1.165, 1.54) is 12.0 Å². The minimum absolute atomic E-state index is 0.0210. The average molecular weight is 295 g/mol. The van der Waals surface area contributed by atoms with Crippen LogP contribution in [0.3, 0.4) is 0 Å². The standard InChI is InChI=1S/C14H21N3O4/c1-17(8-12(18)9-21-2)13(19)7-10-3-5-11(6-4-10)14(15)16-20/h3-6,12,18,20H,7-9H2,1-2H3,(H2,15,16). The Labute approximate surface area is 123 Å². The predicted octanol–water partition coefficient (Wildman–Crippen LogP) is -0.211. The number of nitrogens with zero attached hydrogens (tertiary/aromatic N) is 2. The van der Waals surface area contributed by atoms with Crippen molar-refractivity contribution in [2.24, 2.45) is 10.9 Å². The summed E-state index contributed by atoms with van der Waals surface area (Å²) in [5.74, 6) is -0.0885. The molecule has 0 aliphatic heterocycles. The summed E-state index contributed by atoms with van der Waals surface area (Å²) in [7, 11) is 3.12. The highest BCUT2D eigenvalue weighted by Crippen LogP contribution is 2.07. The van der Waals surface area contributed by atoms with Gasteiger partial charge in [0.05, 0.1) is 19.1 Å². The first kappa shape index (κ1) is 16.9. The van der Waals surface area contributed by atoms with Gasteiger partial charge in [0.25, 0.3) is 0 Å². The predicted molar refractivity (Wildman–Crippen MR) is 78.2 cm³/mol. The Hall–Kier alpha value is -2.12. The fourth-order valence-corrected chi connectivity index (χ4v) is 1.82. The summed E-state index contributed by atoms with van der Waals surface area (Å²) in [4.78, 5) is 13.5. The van der Waals surface area contributed by atoms with Gasteiger partial charge in [-0.05, 0) is 5.56 Å². The first-order chi connectivity index (χ1) is 9.97. The van der Waals surface area contributed by atoms with Crippen molar-refractivity contribution in [3.63, 3.8) is 0 Å². The van der Waals surface area contributed by atoms with Crippen molar-refractivity contribution < 1.29 is 19.8 Å². The van der Waals surface area contributed by atoms with Crippen molar-refractivity contribution in [3.8, 4) is 0 Å². The first-order valence-electron chi connectivity index (χ1n) is 6.45. The number of hydrogen-bond acceptors (Lipinski definition) is 5. The lowest BCUT2D eigenvalue weighted by Crippen LogP contribution is -2.37. The summed E-state index contributed by atoms with van der Waals surface area (Å²) in [6, 6.07) is 6.84. The van der Waals surface area contributed by atoms with Crippen LogP contribution in [0.2, 0.25) is 0 Å². The van der Waals surface area contributed by atoms with Gasteiger partial charge < -0.3 is 25.7 Å². The fourth-order valence-electron chi connectivity index (χ4n) is 1.82. The molecule has 0 spiro atoms. The van der Waals surface area contributed by atoms with Gasteiger partial charge in [0.1, 0.15) is 0 Å². The zero-order valence-electron chi connectivity index (χ0n) is 12.2. The van der Waals surface area contributed by atoms with Gasteiger partial charge in [-0.25, -0.2) is 0 Å². The molecule has 0 heterocycles. The van der Waals surface area contributed by atoms with Crippen molar-refractivity contribution in [3.05, 3.63) is 35.4 Å². The molecule has 1 aromatic rings. The van der Waals surface area contributed by atoms with Crippen molar-refractivity contribution in [2.75, 3.05) is 27.3 Å². The van der Waals surface area contributed by atoms with E-state index in [0.29, 0.717) is 5.56 Å². The fraction of sp³-hybridized carbons (Fsp3) is 0.429. The summed E-state index contributed by atoms with van der Waals surface area (Å²) < 4.78 is 4.82. The topological polar surface area (TPSA) is 108 Å². The van der Waals surface area contributed by atoms with Crippen LogP contribution in [-0.4, -0.2) is 60.4 Å². The minimum atomic E-state index is -0.702. The lowest BCUT2D eigenvalue weighted by molar-refractivity contribution is -0.130. The summed E-state index contributed by atoms with van der Waals surface area (Å²) in [6.45, 7) is 0.404. The molecule has 0 radical (unpaired) electrons. The molecule has 7 nitrogen and oxygen atoms in total. The molecule has 4 N–H and O–H groups in total. The summed E-state index contributed by atoms with van der Waals surface area (Å²) in [6.07, 6.45) is -0.487. The van der Waals surface area contributed by atoms with Crippen LogP contribution < -0.4 is 5.73 Å². The normalized spacial score (nSPS) is 13.0. The maximum atomic E-state index is 12.0. The smallest absolute Gasteiger partial charge is 0.226 e. The number of methoxy groups -OCH3 is 1. The van der Waals surface area contributed by atoms with Crippen molar-refractivity contribution in [1.29, 1.82) is 0 Å². The third-order valence-corrected chi connectivity index (χ3v) is 2.98. The number of amides is 1. The van der Waals surface area contributed by atoms with E-state index in [9.17, 15) is 9.90 Å². The maximum absolute atomic E-state index is 12.0. The van der Waals surface area contributed by atoms with Crippen LogP contribution >= 0.6 is 0 Å². The number of likely N-dealkylation sites (N-methyl/N-ethyl adjacent to an activating group) is 1. The summed E-state index contributed by atoms with van der Waals surface area (Å²) >= 11 is 0. The highest BCUT2D eigenvalue weighted by molar-refractivity contribution is 5.97. The van der Waals surface area contributed by atoms with Crippen LogP contribution in [0.4, 0.5) is 0 Å². The van der Waals surface area contributed by atoms with Crippen LogP contribution in [0.25, 0.3) is 0 Å². The Balaban J connectivity index is 2.58. The van der Waals surface area contributed by atoms with Crippen LogP contribution in [0.5, 0.6) is 0 Å². The van der Waals surface area contributed by atoms with Gasteiger partial charge in [-0.3, -0.25) is 4.79 Å². The SMILES string of the molecule is COCC(O)CN(C)C(=O)Cc1ccc(C(N)=NO)cc1. The first-order valence-corrected chi connectivity index (χ1v) is 6.45. The van der Waals surface area contributed by atoms with Gasteiger partial charge >= 0.3 is 0 Å². The lowest BCUT2D eigenvalue weighted by Gasteiger charge is -2.20. The molecule has 0 aromatic heterocycles. The van der Waals surface area contributed by atoms with Gasteiger partial charge in [-0.15, -0.1) is 0 Å². The van der Waals surface area contributed by atoms with E-state index in [2.05, 4.69) is 5.16 Å². The number of rotatable bonds is 7. The van der Waals surface area contributed by atoms with Crippen molar-refractivity contribution in [2.45, 2.75) is 12.5 Å². The molecular weight excluding hydrogens is 274 g/mol. The van der Waals surface area contributed by atoms with E-state index in [4.69, 9.17) is 15.7 Å². The average Bonchev–Trinajstić information content (AvgIpc) is 2.47. The molecule has 0 saturated carbocycles. The number of hydrogen-bond donors (Lipinski definition) is 3. The molecule has 21 heavy (non-hydrogen) atoms. The molecule has 1 aromatic carbocycles. The van der Waals surface area contributed by atoms with Gasteiger partial charge in [-0.2, -0.15) is 0 Å². The van der Waals surface area contributed by atoms with Crippen LogP contribution in [0, 0.1) is 0 Å².